The van der Waals surface area contributed by atoms with Crippen LogP contribution in [0.25, 0.3) is 0 Å². The minimum Gasteiger partial charge on any atom is -0.507 e. The third-order valence-electron chi connectivity index (χ3n) is 6.25. The van der Waals surface area contributed by atoms with E-state index in [0.29, 0.717) is 35.5 Å². The van der Waals surface area contributed by atoms with Gasteiger partial charge in [0.15, 0.2) is 5.17 Å². The first-order chi connectivity index (χ1) is 15.1. The fourth-order valence-corrected chi connectivity index (χ4v) is 5.16. The Labute approximate surface area is 191 Å². The maximum absolute atomic E-state index is 11.8. The van der Waals surface area contributed by atoms with E-state index >= 15 is 0 Å². The molecule has 2 aliphatic heterocycles. The molecule has 2 aliphatic rings. The Morgan fingerprint density at radius 2 is 1.91 bits per heavy atom. The average molecular weight is 457 g/mol. The fourth-order valence-electron chi connectivity index (χ4n) is 4.27. The number of benzene rings is 2. The summed E-state index contributed by atoms with van der Waals surface area (Å²) in [5, 5.41) is 31.2. The lowest BCUT2D eigenvalue weighted by atomic mass is 9.85. The maximum atomic E-state index is 11.8. The van der Waals surface area contributed by atoms with Crippen molar-refractivity contribution in [1.82, 2.24) is 5.32 Å². The van der Waals surface area contributed by atoms with Crippen LogP contribution in [0.1, 0.15) is 47.3 Å². The maximum Gasteiger partial charge on any atom is 0.239 e. The average Bonchev–Trinajstić information content (AvgIpc) is 3.06. The zero-order chi connectivity index (χ0) is 23.2. The predicted octanol–water partition coefficient (Wildman–Crippen LogP) is 3.68. The summed E-state index contributed by atoms with van der Waals surface area (Å²) in [6, 6.07) is 7.54. The smallest absolute Gasteiger partial charge is 0.239 e. The third kappa shape index (κ3) is 4.17. The molecule has 32 heavy (non-hydrogen) atoms. The van der Waals surface area contributed by atoms with E-state index in [4.69, 9.17) is 14.9 Å². The third-order valence-corrected chi connectivity index (χ3v) is 7.25. The normalized spacial score (nSPS) is 24.7. The van der Waals surface area contributed by atoms with E-state index < -0.39 is 11.7 Å². The highest BCUT2D eigenvalue weighted by Crippen LogP contribution is 2.47. The molecule has 170 valence electrons. The largest absolute Gasteiger partial charge is 0.507 e. The van der Waals surface area contributed by atoms with Gasteiger partial charge in [0.1, 0.15) is 29.5 Å². The Bertz CT molecular complexity index is 1090. The summed E-state index contributed by atoms with van der Waals surface area (Å²) in [4.78, 5) is 11.8. The van der Waals surface area contributed by atoms with Crippen LogP contribution in [0.15, 0.2) is 24.3 Å². The highest BCUT2D eigenvalue weighted by atomic mass is 32.2. The quantitative estimate of drug-likeness (QED) is 0.546. The number of hydrogen-bond donors (Lipinski definition) is 4. The van der Waals surface area contributed by atoms with E-state index in [0.717, 1.165) is 16.7 Å². The van der Waals surface area contributed by atoms with Crippen LogP contribution < -0.4 is 14.8 Å². The van der Waals surface area contributed by atoms with E-state index in [1.165, 1.54) is 11.8 Å². The number of fused-ring (bicyclic) bond motifs is 1. The molecule has 2 aromatic carbocycles. The van der Waals surface area contributed by atoms with Crippen LogP contribution in [0, 0.1) is 26.2 Å². The molecule has 3 unspecified atom stereocenters. The van der Waals surface area contributed by atoms with Crippen molar-refractivity contribution in [2.75, 3.05) is 6.61 Å². The zero-order valence-corrected chi connectivity index (χ0v) is 19.4. The van der Waals surface area contributed by atoms with Gasteiger partial charge in [-0.05, 0) is 62.9 Å². The number of aliphatic hydroxyl groups excluding tert-OH is 1. The predicted molar refractivity (Wildman–Crippen MR) is 124 cm³/mol. The van der Waals surface area contributed by atoms with Gasteiger partial charge < -0.3 is 25.0 Å². The molecule has 4 rings (SSSR count). The Morgan fingerprint density at radius 3 is 2.53 bits per heavy atom. The molecule has 0 bridgehead atoms. The highest BCUT2D eigenvalue weighted by Gasteiger charge is 2.40. The number of ether oxygens (including phenoxy) is 2. The summed E-state index contributed by atoms with van der Waals surface area (Å²) < 4.78 is 12.3. The molecule has 0 aliphatic carbocycles. The molecule has 2 heterocycles. The van der Waals surface area contributed by atoms with Crippen LogP contribution in [-0.2, 0) is 11.2 Å². The first-order valence-electron chi connectivity index (χ1n) is 10.6. The molecular weight excluding hydrogens is 428 g/mol. The molecule has 2 aromatic rings. The first kappa shape index (κ1) is 22.5. The summed E-state index contributed by atoms with van der Waals surface area (Å²) in [5.41, 5.74) is 3.13. The Kier molecular flexibility index (Phi) is 5.85. The van der Waals surface area contributed by atoms with Crippen LogP contribution in [0.5, 0.6) is 17.2 Å². The molecule has 1 amide bonds. The SMILES string of the molecule is Cc1c(C)c2c(c(C)c1O)C(O)CC(C)(COc1ccc(CC3SC(=N)NC3=O)cc1)O2. The van der Waals surface area contributed by atoms with Crippen LogP contribution in [0.2, 0.25) is 0 Å². The number of phenols is 1. The Morgan fingerprint density at radius 1 is 1.22 bits per heavy atom. The van der Waals surface area contributed by atoms with E-state index in [1.807, 2.05) is 45.0 Å². The van der Waals surface area contributed by atoms with Gasteiger partial charge in [0.05, 0.1) is 11.4 Å². The number of nitrogens with one attached hydrogen (secondary N) is 2. The van der Waals surface area contributed by atoms with Crippen molar-refractivity contribution in [1.29, 1.82) is 5.41 Å². The van der Waals surface area contributed by atoms with Gasteiger partial charge in [0.2, 0.25) is 5.91 Å². The summed E-state index contributed by atoms with van der Waals surface area (Å²) in [6.45, 7) is 7.68. The second-order valence-electron chi connectivity index (χ2n) is 8.80. The Hall–Kier alpha value is -2.71. The van der Waals surface area contributed by atoms with E-state index in [1.54, 1.807) is 6.92 Å². The van der Waals surface area contributed by atoms with Crippen LogP contribution in [0.4, 0.5) is 0 Å². The van der Waals surface area contributed by atoms with Gasteiger partial charge in [0.25, 0.3) is 0 Å². The molecule has 1 fully saturated rings. The lowest BCUT2D eigenvalue weighted by molar-refractivity contribution is -0.118. The number of hydrogen-bond acceptors (Lipinski definition) is 7. The summed E-state index contributed by atoms with van der Waals surface area (Å²) in [5.74, 6) is 1.37. The standard InChI is InChI=1S/C24H28N2O5S/c1-12-13(2)21-19(14(3)20(12)28)17(27)10-24(4,31-21)11-30-16-7-5-15(6-8-16)9-18-22(29)26-23(25)32-18/h5-8,17-18,27-28H,9-11H2,1-4H3,(H2,25,26,29). The molecule has 8 heteroatoms. The topological polar surface area (TPSA) is 112 Å². The van der Waals surface area contributed by atoms with Gasteiger partial charge in [-0.1, -0.05) is 23.9 Å². The summed E-state index contributed by atoms with van der Waals surface area (Å²) in [7, 11) is 0. The number of carbonyl (C=O) groups is 1. The highest BCUT2D eigenvalue weighted by molar-refractivity contribution is 8.15. The number of thioether (sulfide) groups is 1. The first-order valence-corrected chi connectivity index (χ1v) is 11.4. The lowest BCUT2D eigenvalue weighted by Gasteiger charge is -2.40. The van der Waals surface area contributed by atoms with Crippen molar-refractivity contribution < 1.29 is 24.5 Å². The molecule has 3 atom stereocenters. The number of carbonyl (C=O) groups excluding carboxylic acids is 1. The van der Waals surface area contributed by atoms with Gasteiger partial charge >= 0.3 is 0 Å². The molecule has 7 nitrogen and oxygen atoms in total. The number of rotatable bonds is 5. The van der Waals surface area contributed by atoms with Gasteiger partial charge in [-0.25, -0.2) is 0 Å². The summed E-state index contributed by atoms with van der Waals surface area (Å²) in [6.07, 6.45) is 0.142. The molecular formula is C24H28N2O5S. The van der Waals surface area contributed by atoms with Gasteiger partial charge in [-0.15, -0.1) is 0 Å². The molecule has 0 aromatic heterocycles. The van der Waals surface area contributed by atoms with Crippen molar-refractivity contribution in [3.63, 3.8) is 0 Å². The number of amides is 1. The molecule has 0 saturated carbocycles. The zero-order valence-electron chi connectivity index (χ0n) is 18.6. The van der Waals surface area contributed by atoms with Crippen LogP contribution in [-0.4, -0.2) is 38.7 Å². The number of aliphatic hydroxyl groups is 1. The van der Waals surface area contributed by atoms with Crippen molar-refractivity contribution >= 4 is 22.8 Å². The lowest BCUT2D eigenvalue weighted by Crippen LogP contribution is -2.44. The fraction of sp³-hybridized carbons (Fsp3) is 0.417. The minimum absolute atomic E-state index is 0.129. The van der Waals surface area contributed by atoms with Crippen molar-refractivity contribution in [2.24, 2.45) is 0 Å². The molecule has 4 N–H and O–H groups in total. The van der Waals surface area contributed by atoms with Crippen molar-refractivity contribution in [3.05, 3.63) is 52.1 Å². The molecule has 0 radical (unpaired) electrons. The van der Waals surface area contributed by atoms with Crippen LogP contribution >= 0.6 is 11.8 Å². The second-order valence-corrected chi connectivity index (χ2v) is 10.0. The number of aromatic hydroxyl groups is 1. The molecule has 1 saturated heterocycles. The number of amidine groups is 1. The summed E-state index contributed by atoms with van der Waals surface area (Å²) >= 11 is 1.24. The van der Waals surface area contributed by atoms with Crippen LogP contribution in [0.3, 0.4) is 0 Å². The van der Waals surface area contributed by atoms with Crippen molar-refractivity contribution in [3.8, 4) is 17.2 Å². The second kappa shape index (κ2) is 8.33. The van der Waals surface area contributed by atoms with Gasteiger partial charge in [-0.3, -0.25) is 10.2 Å². The monoisotopic (exact) mass is 456 g/mol. The van der Waals surface area contributed by atoms with Gasteiger partial charge in [-0.2, -0.15) is 0 Å². The minimum atomic E-state index is -0.756. The Balaban J connectivity index is 1.44. The van der Waals surface area contributed by atoms with Crippen molar-refractivity contribution in [2.45, 2.75) is 57.5 Å². The molecule has 0 spiro atoms. The number of phenolic OH excluding ortho intramolecular Hbond substituents is 1. The van der Waals surface area contributed by atoms with E-state index in [2.05, 4.69) is 5.32 Å². The van der Waals surface area contributed by atoms with E-state index in [9.17, 15) is 15.0 Å². The van der Waals surface area contributed by atoms with Gasteiger partial charge in [0, 0.05) is 17.5 Å². The van der Waals surface area contributed by atoms with E-state index in [-0.39, 0.29) is 28.7 Å².